The lowest BCUT2D eigenvalue weighted by Gasteiger charge is -2.05. The molecule has 0 radical (unpaired) electrons. The minimum Gasteiger partial charge on any atom is -0.342 e. The molecule has 2 heterocycles. The van der Waals surface area contributed by atoms with Crippen LogP contribution in [0.15, 0.2) is 54.9 Å². The second-order valence-corrected chi connectivity index (χ2v) is 4.37. The van der Waals surface area contributed by atoms with Gasteiger partial charge in [0, 0.05) is 24.7 Å². The van der Waals surface area contributed by atoms with Crippen molar-refractivity contribution in [3.63, 3.8) is 0 Å². The summed E-state index contributed by atoms with van der Waals surface area (Å²) >= 11 is 0. The van der Waals surface area contributed by atoms with Crippen molar-refractivity contribution in [2.24, 2.45) is 5.73 Å². The van der Waals surface area contributed by atoms with E-state index in [2.05, 4.69) is 52.1 Å². The fourth-order valence-corrected chi connectivity index (χ4v) is 2.16. The second-order valence-electron chi connectivity index (χ2n) is 4.37. The number of benzene rings is 1. The van der Waals surface area contributed by atoms with E-state index >= 15 is 0 Å². The van der Waals surface area contributed by atoms with Crippen LogP contribution < -0.4 is 5.73 Å². The zero-order chi connectivity index (χ0) is 12.4. The first-order valence-electron chi connectivity index (χ1n) is 6.04. The van der Waals surface area contributed by atoms with E-state index in [9.17, 15) is 0 Å². The molecule has 2 N–H and O–H groups in total. The molecule has 0 fully saturated rings. The minimum atomic E-state index is 0.486. The van der Waals surface area contributed by atoms with Crippen molar-refractivity contribution < 1.29 is 0 Å². The number of aromatic nitrogens is 2. The van der Waals surface area contributed by atoms with Gasteiger partial charge in [-0.1, -0.05) is 30.3 Å². The molecule has 3 aromatic rings. The van der Waals surface area contributed by atoms with Crippen molar-refractivity contribution in [1.29, 1.82) is 0 Å². The molecule has 0 aliphatic carbocycles. The fraction of sp³-hybridized carbons (Fsp3) is 0.133. The highest BCUT2D eigenvalue weighted by molar-refractivity contribution is 5.79. The third-order valence-electron chi connectivity index (χ3n) is 3.12. The Bertz CT molecular complexity index is 656. The third-order valence-corrected chi connectivity index (χ3v) is 3.12. The number of hydrogen-bond acceptors (Lipinski definition) is 2. The molecule has 0 bridgehead atoms. The van der Waals surface area contributed by atoms with Crippen molar-refractivity contribution in [3.8, 4) is 0 Å². The molecule has 90 valence electrons. The van der Waals surface area contributed by atoms with Crippen LogP contribution >= 0.6 is 0 Å². The summed E-state index contributed by atoms with van der Waals surface area (Å²) in [6.45, 7) is 1.35. The summed E-state index contributed by atoms with van der Waals surface area (Å²) in [6.07, 6.45) is 4.00. The smallest absolute Gasteiger partial charge is 0.0670 e. The lowest BCUT2D eigenvalue weighted by molar-refractivity contribution is 0.834. The lowest BCUT2D eigenvalue weighted by atomic mass is 10.2. The van der Waals surface area contributed by atoms with Gasteiger partial charge in [-0.3, -0.25) is 4.98 Å². The maximum Gasteiger partial charge on any atom is 0.0670 e. The van der Waals surface area contributed by atoms with Crippen LogP contribution in [0.3, 0.4) is 0 Å². The molecule has 3 rings (SSSR count). The molecule has 3 nitrogen and oxygen atoms in total. The number of fused-ring (bicyclic) bond motifs is 1. The van der Waals surface area contributed by atoms with Crippen molar-refractivity contribution in [2.75, 3.05) is 0 Å². The molecule has 0 unspecified atom stereocenters. The van der Waals surface area contributed by atoms with Crippen molar-refractivity contribution in [1.82, 2.24) is 9.55 Å². The highest BCUT2D eigenvalue weighted by Gasteiger charge is 2.03. The summed E-state index contributed by atoms with van der Waals surface area (Å²) in [6, 6.07) is 14.6. The van der Waals surface area contributed by atoms with Crippen LogP contribution in [-0.2, 0) is 13.1 Å². The van der Waals surface area contributed by atoms with Gasteiger partial charge in [0.25, 0.3) is 0 Å². The summed E-state index contributed by atoms with van der Waals surface area (Å²) in [5.74, 6) is 0. The van der Waals surface area contributed by atoms with Crippen LogP contribution in [-0.4, -0.2) is 9.55 Å². The van der Waals surface area contributed by atoms with Gasteiger partial charge in [-0.2, -0.15) is 0 Å². The van der Waals surface area contributed by atoms with Gasteiger partial charge in [0.2, 0.25) is 0 Å². The number of rotatable bonds is 3. The van der Waals surface area contributed by atoms with Crippen LogP contribution in [0.5, 0.6) is 0 Å². The zero-order valence-corrected chi connectivity index (χ0v) is 10.1. The third kappa shape index (κ3) is 2.00. The Kier molecular flexibility index (Phi) is 2.82. The van der Waals surface area contributed by atoms with Gasteiger partial charge in [-0.15, -0.1) is 0 Å². The van der Waals surface area contributed by atoms with Gasteiger partial charge in [0.1, 0.15) is 0 Å². The molecule has 0 aliphatic rings. The first kappa shape index (κ1) is 11.0. The predicted octanol–water partition coefficient (Wildman–Crippen LogP) is 2.54. The highest BCUT2D eigenvalue weighted by atomic mass is 15.0. The van der Waals surface area contributed by atoms with Gasteiger partial charge in [0.05, 0.1) is 17.4 Å². The van der Waals surface area contributed by atoms with E-state index in [4.69, 9.17) is 5.73 Å². The number of nitrogens with two attached hydrogens (primary N) is 1. The van der Waals surface area contributed by atoms with Gasteiger partial charge in [-0.05, 0) is 17.7 Å². The van der Waals surface area contributed by atoms with E-state index in [1.54, 1.807) is 0 Å². The van der Waals surface area contributed by atoms with Gasteiger partial charge in [-0.25, -0.2) is 0 Å². The standard InChI is InChI=1S/C15H15N3/c16-9-14-8-13-6-7-18(15(13)10-17-14)11-12-4-2-1-3-5-12/h1-8,10H,9,11,16H2. The minimum absolute atomic E-state index is 0.486. The van der Waals surface area contributed by atoms with Crippen molar-refractivity contribution in [3.05, 3.63) is 66.1 Å². The number of pyridine rings is 1. The highest BCUT2D eigenvalue weighted by Crippen LogP contribution is 2.17. The summed E-state index contributed by atoms with van der Waals surface area (Å²) < 4.78 is 2.21. The summed E-state index contributed by atoms with van der Waals surface area (Å²) in [5, 5.41) is 1.20. The summed E-state index contributed by atoms with van der Waals surface area (Å²) in [7, 11) is 0. The molecule has 0 saturated heterocycles. The Morgan fingerprint density at radius 3 is 2.72 bits per heavy atom. The number of hydrogen-bond donors (Lipinski definition) is 1. The monoisotopic (exact) mass is 237 g/mol. The van der Waals surface area contributed by atoms with Crippen LogP contribution in [0.1, 0.15) is 11.3 Å². The number of nitrogens with zero attached hydrogens (tertiary/aromatic N) is 2. The van der Waals surface area contributed by atoms with Crippen LogP contribution in [0.25, 0.3) is 10.9 Å². The fourth-order valence-electron chi connectivity index (χ4n) is 2.16. The molecule has 2 aromatic heterocycles. The van der Waals surface area contributed by atoms with Crippen LogP contribution in [0, 0.1) is 0 Å². The molecular weight excluding hydrogens is 222 g/mol. The zero-order valence-electron chi connectivity index (χ0n) is 10.1. The Morgan fingerprint density at radius 2 is 1.94 bits per heavy atom. The molecule has 1 aromatic carbocycles. The van der Waals surface area contributed by atoms with E-state index in [0.717, 1.165) is 17.8 Å². The Balaban J connectivity index is 1.98. The molecule has 0 atom stereocenters. The quantitative estimate of drug-likeness (QED) is 0.760. The van der Waals surface area contributed by atoms with E-state index in [1.165, 1.54) is 10.9 Å². The van der Waals surface area contributed by atoms with Crippen molar-refractivity contribution >= 4 is 10.9 Å². The largest absolute Gasteiger partial charge is 0.342 e. The van der Waals surface area contributed by atoms with Crippen molar-refractivity contribution in [2.45, 2.75) is 13.1 Å². The maximum absolute atomic E-state index is 5.60. The lowest BCUT2D eigenvalue weighted by Crippen LogP contribution is -2.01. The topological polar surface area (TPSA) is 43.8 Å². The molecular formula is C15H15N3. The Labute approximate surface area is 106 Å². The van der Waals surface area contributed by atoms with Crippen LogP contribution in [0.4, 0.5) is 0 Å². The van der Waals surface area contributed by atoms with Gasteiger partial charge in [0.15, 0.2) is 0 Å². The molecule has 3 heteroatoms. The van der Waals surface area contributed by atoms with Crippen LogP contribution in [0.2, 0.25) is 0 Å². The first-order chi connectivity index (χ1) is 8.86. The average Bonchev–Trinajstić information content (AvgIpc) is 2.82. The van der Waals surface area contributed by atoms with E-state index in [-0.39, 0.29) is 0 Å². The van der Waals surface area contributed by atoms with E-state index < -0.39 is 0 Å². The molecule has 0 spiro atoms. The maximum atomic E-state index is 5.60. The SMILES string of the molecule is NCc1cc2ccn(Cc3ccccc3)c2cn1. The predicted molar refractivity (Wildman–Crippen MR) is 73.2 cm³/mol. The second kappa shape index (κ2) is 4.63. The van der Waals surface area contributed by atoms with E-state index in [1.807, 2.05) is 12.3 Å². The summed E-state index contributed by atoms with van der Waals surface area (Å²) in [4.78, 5) is 4.35. The van der Waals surface area contributed by atoms with Gasteiger partial charge < -0.3 is 10.3 Å². The average molecular weight is 237 g/mol. The molecule has 18 heavy (non-hydrogen) atoms. The molecule has 0 saturated carbocycles. The molecule has 0 aliphatic heterocycles. The normalized spacial score (nSPS) is 10.9. The summed E-state index contributed by atoms with van der Waals surface area (Å²) in [5.41, 5.74) is 8.97. The first-order valence-corrected chi connectivity index (χ1v) is 6.04. The van der Waals surface area contributed by atoms with Gasteiger partial charge >= 0.3 is 0 Å². The molecule has 0 amide bonds. The van der Waals surface area contributed by atoms with E-state index in [0.29, 0.717) is 6.54 Å². The Hall–Kier alpha value is -2.13. The Morgan fingerprint density at radius 1 is 1.11 bits per heavy atom.